The molecule has 68 valence electrons. The topological polar surface area (TPSA) is 32.3 Å². The lowest BCUT2D eigenvalue weighted by Gasteiger charge is -2.38. The molecule has 0 aromatic heterocycles. The predicted octanol–water partition coefficient (Wildman–Crippen LogP) is 2.24. The maximum atomic E-state index is 9.42. The van der Waals surface area contributed by atoms with E-state index in [9.17, 15) is 5.11 Å². The lowest BCUT2D eigenvalue weighted by Crippen LogP contribution is -2.35. The number of phenolic OH excluding ortho intramolecular Hbond substituents is 1. The van der Waals surface area contributed by atoms with Crippen LogP contribution in [0.1, 0.15) is 24.8 Å². The fraction of sp³-hybridized carbons (Fsp3) is 0.455. The Morgan fingerprint density at radius 2 is 2.15 bits per heavy atom. The van der Waals surface area contributed by atoms with E-state index < -0.39 is 0 Å². The van der Waals surface area contributed by atoms with Crippen LogP contribution in [0.5, 0.6) is 5.75 Å². The Hall–Kier alpha value is -1.18. The molecule has 0 unspecified atom stereocenters. The molecule has 3 rings (SSSR count). The van der Waals surface area contributed by atoms with Crippen LogP contribution in [0, 0.1) is 0 Å². The minimum Gasteiger partial charge on any atom is -0.508 e. The average molecular weight is 175 g/mol. The first-order valence-corrected chi connectivity index (χ1v) is 4.88. The standard InChI is InChI=1S/C11H13NO/c13-8-2-3-10-9(6-8)11(7-12-10)4-1-5-11/h2-3,6,12-13H,1,4-5,7H2. The number of fused-ring (bicyclic) bond motifs is 2. The first-order valence-electron chi connectivity index (χ1n) is 4.88. The number of aromatic hydroxyl groups is 1. The molecule has 2 heteroatoms. The van der Waals surface area contributed by atoms with Crippen molar-refractivity contribution in [3.8, 4) is 5.75 Å². The van der Waals surface area contributed by atoms with Gasteiger partial charge in [-0.05, 0) is 36.6 Å². The molecule has 0 saturated heterocycles. The Kier molecular flexibility index (Phi) is 1.22. The van der Waals surface area contributed by atoms with Crippen LogP contribution in [0.25, 0.3) is 0 Å². The molecule has 13 heavy (non-hydrogen) atoms. The highest BCUT2D eigenvalue weighted by molar-refractivity contribution is 5.63. The second-order valence-electron chi connectivity index (χ2n) is 4.22. The summed E-state index contributed by atoms with van der Waals surface area (Å²) in [5.74, 6) is 0.397. The number of nitrogens with one attached hydrogen (secondary N) is 1. The summed E-state index contributed by atoms with van der Waals surface area (Å²) in [6, 6.07) is 5.66. The number of anilines is 1. The van der Waals surface area contributed by atoms with Crippen molar-refractivity contribution >= 4 is 5.69 Å². The summed E-state index contributed by atoms with van der Waals surface area (Å²) in [6.45, 7) is 1.06. The molecule has 1 aromatic carbocycles. The third-order valence-corrected chi connectivity index (χ3v) is 3.50. The molecule has 0 radical (unpaired) electrons. The Bertz CT molecular complexity index is 355. The minimum absolute atomic E-state index is 0.369. The summed E-state index contributed by atoms with van der Waals surface area (Å²) in [6.07, 6.45) is 3.88. The number of phenols is 1. The average Bonchev–Trinajstić information content (AvgIpc) is 2.41. The molecule has 0 bridgehead atoms. The van der Waals surface area contributed by atoms with Crippen LogP contribution in [0.15, 0.2) is 18.2 Å². The number of hydrogen-bond acceptors (Lipinski definition) is 2. The third-order valence-electron chi connectivity index (χ3n) is 3.50. The van der Waals surface area contributed by atoms with E-state index in [0.717, 1.165) is 6.54 Å². The van der Waals surface area contributed by atoms with E-state index in [0.29, 0.717) is 11.2 Å². The Labute approximate surface area is 77.6 Å². The highest BCUT2D eigenvalue weighted by atomic mass is 16.3. The van der Waals surface area contributed by atoms with Crippen molar-refractivity contribution in [2.75, 3.05) is 11.9 Å². The van der Waals surface area contributed by atoms with E-state index in [-0.39, 0.29) is 0 Å². The molecule has 0 amide bonds. The summed E-state index contributed by atoms with van der Waals surface area (Å²) in [7, 11) is 0. The molecule has 1 saturated carbocycles. The Balaban J connectivity index is 2.14. The van der Waals surface area contributed by atoms with Gasteiger partial charge < -0.3 is 10.4 Å². The van der Waals surface area contributed by atoms with Gasteiger partial charge in [-0.2, -0.15) is 0 Å². The zero-order valence-corrected chi connectivity index (χ0v) is 7.51. The lowest BCUT2D eigenvalue weighted by molar-refractivity contribution is 0.271. The van der Waals surface area contributed by atoms with Gasteiger partial charge in [0.25, 0.3) is 0 Å². The van der Waals surface area contributed by atoms with Gasteiger partial charge in [0.2, 0.25) is 0 Å². The fourth-order valence-electron chi connectivity index (χ4n) is 2.53. The Morgan fingerprint density at radius 1 is 1.31 bits per heavy atom. The van der Waals surface area contributed by atoms with Crippen LogP contribution >= 0.6 is 0 Å². The van der Waals surface area contributed by atoms with E-state index in [2.05, 4.69) is 5.32 Å². The number of benzene rings is 1. The largest absolute Gasteiger partial charge is 0.508 e. The molecular formula is C11H13NO. The molecule has 1 heterocycles. The van der Waals surface area contributed by atoms with E-state index in [1.54, 1.807) is 6.07 Å². The predicted molar refractivity (Wildman–Crippen MR) is 52.1 cm³/mol. The lowest BCUT2D eigenvalue weighted by atomic mass is 9.66. The molecular weight excluding hydrogens is 162 g/mol. The van der Waals surface area contributed by atoms with Crippen molar-refractivity contribution < 1.29 is 5.11 Å². The van der Waals surface area contributed by atoms with E-state index in [1.807, 2.05) is 12.1 Å². The van der Waals surface area contributed by atoms with E-state index in [4.69, 9.17) is 0 Å². The fourth-order valence-corrected chi connectivity index (χ4v) is 2.53. The molecule has 0 atom stereocenters. The summed E-state index contributed by atoms with van der Waals surface area (Å²) < 4.78 is 0. The van der Waals surface area contributed by atoms with Gasteiger partial charge in [-0.25, -0.2) is 0 Å². The summed E-state index contributed by atoms with van der Waals surface area (Å²) in [5, 5.41) is 12.8. The van der Waals surface area contributed by atoms with Crippen LogP contribution < -0.4 is 5.32 Å². The maximum Gasteiger partial charge on any atom is 0.116 e. The van der Waals surface area contributed by atoms with E-state index >= 15 is 0 Å². The van der Waals surface area contributed by atoms with Crippen molar-refractivity contribution in [3.63, 3.8) is 0 Å². The van der Waals surface area contributed by atoms with Crippen LogP contribution in [0.4, 0.5) is 5.69 Å². The number of rotatable bonds is 0. The van der Waals surface area contributed by atoms with Gasteiger partial charge in [0.1, 0.15) is 5.75 Å². The van der Waals surface area contributed by atoms with Gasteiger partial charge in [0.05, 0.1) is 0 Å². The highest BCUT2D eigenvalue weighted by Crippen LogP contribution is 2.50. The van der Waals surface area contributed by atoms with Crippen LogP contribution in [-0.2, 0) is 5.41 Å². The van der Waals surface area contributed by atoms with Crippen LogP contribution in [-0.4, -0.2) is 11.7 Å². The van der Waals surface area contributed by atoms with Gasteiger partial charge in [-0.3, -0.25) is 0 Å². The van der Waals surface area contributed by atoms with Crippen molar-refractivity contribution in [1.29, 1.82) is 0 Å². The SMILES string of the molecule is Oc1ccc2c(c1)C1(CCC1)CN2. The molecule has 2 nitrogen and oxygen atoms in total. The summed E-state index contributed by atoms with van der Waals surface area (Å²) >= 11 is 0. The second-order valence-corrected chi connectivity index (χ2v) is 4.22. The zero-order chi connectivity index (χ0) is 8.89. The van der Waals surface area contributed by atoms with Gasteiger partial charge in [-0.1, -0.05) is 6.42 Å². The molecule has 1 fully saturated rings. The smallest absolute Gasteiger partial charge is 0.116 e. The zero-order valence-electron chi connectivity index (χ0n) is 7.51. The van der Waals surface area contributed by atoms with Gasteiger partial charge in [-0.15, -0.1) is 0 Å². The number of hydrogen-bond donors (Lipinski definition) is 2. The first kappa shape index (κ1) is 7.25. The van der Waals surface area contributed by atoms with Crippen molar-refractivity contribution in [1.82, 2.24) is 0 Å². The first-order chi connectivity index (χ1) is 6.30. The van der Waals surface area contributed by atoms with Gasteiger partial charge in [0.15, 0.2) is 0 Å². The third kappa shape index (κ3) is 0.831. The molecule has 2 aliphatic rings. The minimum atomic E-state index is 0.369. The van der Waals surface area contributed by atoms with Gasteiger partial charge in [0, 0.05) is 17.6 Å². The van der Waals surface area contributed by atoms with Crippen molar-refractivity contribution in [2.24, 2.45) is 0 Å². The van der Waals surface area contributed by atoms with Crippen LogP contribution in [0.2, 0.25) is 0 Å². The maximum absolute atomic E-state index is 9.42. The van der Waals surface area contributed by atoms with Crippen molar-refractivity contribution in [2.45, 2.75) is 24.7 Å². The molecule has 1 aliphatic carbocycles. The molecule has 1 aromatic rings. The Morgan fingerprint density at radius 3 is 2.85 bits per heavy atom. The molecule has 1 spiro atoms. The van der Waals surface area contributed by atoms with Crippen molar-refractivity contribution in [3.05, 3.63) is 23.8 Å². The van der Waals surface area contributed by atoms with Gasteiger partial charge >= 0.3 is 0 Å². The second kappa shape index (κ2) is 2.19. The van der Waals surface area contributed by atoms with Crippen LogP contribution in [0.3, 0.4) is 0 Å². The highest BCUT2D eigenvalue weighted by Gasteiger charge is 2.43. The summed E-state index contributed by atoms with van der Waals surface area (Å²) in [4.78, 5) is 0. The molecule has 2 N–H and O–H groups in total. The normalized spacial score (nSPS) is 22.2. The quantitative estimate of drug-likeness (QED) is 0.593. The summed E-state index contributed by atoms with van der Waals surface area (Å²) in [5.41, 5.74) is 2.92. The van der Waals surface area contributed by atoms with E-state index in [1.165, 1.54) is 30.5 Å². The monoisotopic (exact) mass is 175 g/mol. The molecule has 1 aliphatic heterocycles.